The summed E-state index contributed by atoms with van der Waals surface area (Å²) in [5.74, 6) is -0.0332. The molecule has 1 aliphatic heterocycles. The number of guanidine groups is 1. The van der Waals surface area contributed by atoms with E-state index in [1.54, 1.807) is 0 Å². The molecule has 0 aliphatic carbocycles. The lowest BCUT2D eigenvalue weighted by Gasteiger charge is -2.27. The molecule has 1 unspecified atom stereocenters. The van der Waals surface area contributed by atoms with Crippen LogP contribution in [0.2, 0.25) is 0 Å². The number of rotatable bonds is 4. The van der Waals surface area contributed by atoms with Crippen LogP contribution in [0, 0.1) is 0 Å². The maximum Gasteiger partial charge on any atom is 0.573 e. The van der Waals surface area contributed by atoms with E-state index in [0.29, 0.717) is 37.8 Å². The van der Waals surface area contributed by atoms with E-state index in [2.05, 4.69) is 9.73 Å². The van der Waals surface area contributed by atoms with Crippen molar-refractivity contribution in [3.63, 3.8) is 0 Å². The molecule has 3 N–H and O–H groups in total. The Labute approximate surface area is 131 Å². The van der Waals surface area contributed by atoms with Gasteiger partial charge in [-0.3, -0.25) is 4.99 Å². The van der Waals surface area contributed by atoms with Gasteiger partial charge in [0.25, 0.3) is 0 Å². The Morgan fingerprint density at radius 3 is 2.48 bits per heavy atom. The Morgan fingerprint density at radius 2 is 1.91 bits per heavy atom. The van der Waals surface area contributed by atoms with Crippen molar-refractivity contribution in [2.24, 2.45) is 10.7 Å². The van der Waals surface area contributed by atoms with Crippen LogP contribution in [0.5, 0.6) is 5.75 Å². The summed E-state index contributed by atoms with van der Waals surface area (Å²) in [6.45, 7) is 2.42. The minimum absolute atomic E-state index is 0.0165. The van der Waals surface area contributed by atoms with E-state index in [-0.39, 0.29) is 12.3 Å². The van der Waals surface area contributed by atoms with E-state index >= 15 is 0 Å². The fraction of sp³-hybridized carbons (Fsp3) is 0.500. The van der Waals surface area contributed by atoms with E-state index in [9.17, 15) is 18.3 Å². The molecule has 0 spiro atoms. The first-order chi connectivity index (χ1) is 10.8. The highest BCUT2D eigenvalue weighted by Gasteiger charge is 2.31. The number of halogens is 3. The zero-order chi connectivity index (χ0) is 16.9. The molecule has 1 fully saturated rings. The van der Waals surface area contributed by atoms with Crippen molar-refractivity contribution < 1.29 is 27.8 Å². The number of hydrogen-bond donors (Lipinski definition) is 2. The maximum absolute atomic E-state index is 12.1. The van der Waals surface area contributed by atoms with Gasteiger partial charge in [-0.2, -0.15) is 0 Å². The quantitative estimate of drug-likeness (QED) is 0.641. The Morgan fingerprint density at radius 1 is 1.30 bits per heavy atom. The summed E-state index contributed by atoms with van der Waals surface area (Å²) in [6.07, 6.45) is -5.70. The van der Waals surface area contributed by atoms with Gasteiger partial charge in [-0.25, -0.2) is 0 Å². The summed E-state index contributed by atoms with van der Waals surface area (Å²) < 4.78 is 45.2. The molecular formula is C14H18F3N3O3. The maximum atomic E-state index is 12.1. The minimum Gasteiger partial charge on any atom is -0.406 e. The number of aliphatic hydroxyl groups excluding tert-OH is 1. The predicted octanol–water partition coefficient (Wildman–Crippen LogP) is 1.27. The molecule has 6 nitrogen and oxygen atoms in total. The number of aliphatic hydroxyl groups is 1. The number of nitrogens with zero attached hydrogens (tertiary/aromatic N) is 2. The number of aliphatic imine (C=N–C) groups is 1. The third-order valence-corrected chi connectivity index (χ3v) is 3.26. The van der Waals surface area contributed by atoms with Crippen molar-refractivity contribution in [1.82, 2.24) is 4.90 Å². The van der Waals surface area contributed by atoms with Crippen LogP contribution in [0.3, 0.4) is 0 Å². The Kier molecular flexibility index (Phi) is 5.67. The minimum atomic E-state index is -4.74. The first kappa shape index (κ1) is 17.4. The van der Waals surface area contributed by atoms with Gasteiger partial charge in [0.2, 0.25) is 0 Å². The first-order valence-electron chi connectivity index (χ1n) is 7.01. The molecule has 0 amide bonds. The topological polar surface area (TPSA) is 80.3 Å². The number of benzene rings is 1. The van der Waals surface area contributed by atoms with Crippen LogP contribution in [0.4, 0.5) is 13.2 Å². The smallest absolute Gasteiger partial charge is 0.406 e. The summed E-state index contributed by atoms with van der Waals surface area (Å²) in [5.41, 5.74) is 6.26. The molecule has 0 radical (unpaired) electrons. The molecule has 1 atom stereocenters. The lowest BCUT2D eigenvalue weighted by molar-refractivity contribution is -0.274. The highest BCUT2D eigenvalue weighted by atomic mass is 19.4. The number of morpholine rings is 1. The number of nitrogens with two attached hydrogens (primary N) is 1. The van der Waals surface area contributed by atoms with E-state index in [0.717, 1.165) is 12.1 Å². The zero-order valence-electron chi connectivity index (χ0n) is 12.3. The van der Waals surface area contributed by atoms with Gasteiger partial charge in [0.1, 0.15) is 5.75 Å². The molecule has 1 aliphatic rings. The largest absolute Gasteiger partial charge is 0.573 e. The van der Waals surface area contributed by atoms with Crippen LogP contribution in [0.15, 0.2) is 29.3 Å². The van der Waals surface area contributed by atoms with Crippen molar-refractivity contribution in [1.29, 1.82) is 0 Å². The van der Waals surface area contributed by atoms with Gasteiger partial charge in [0.05, 0.1) is 25.9 Å². The third kappa shape index (κ3) is 5.61. The van der Waals surface area contributed by atoms with Gasteiger partial charge in [-0.15, -0.1) is 13.2 Å². The molecule has 1 aromatic rings. The SMILES string of the molecule is NC(=NCC(O)c1ccc(OC(F)(F)F)cc1)N1CCOCC1. The van der Waals surface area contributed by atoms with E-state index in [4.69, 9.17) is 10.5 Å². The Bertz CT molecular complexity index is 528. The number of ether oxygens (including phenoxy) is 2. The van der Waals surface area contributed by atoms with Crippen molar-refractivity contribution >= 4 is 5.96 Å². The van der Waals surface area contributed by atoms with Gasteiger partial charge >= 0.3 is 6.36 Å². The number of hydrogen-bond acceptors (Lipinski definition) is 4. The van der Waals surface area contributed by atoms with Crippen LogP contribution >= 0.6 is 0 Å². The van der Waals surface area contributed by atoms with Gasteiger partial charge < -0.3 is 25.2 Å². The average Bonchev–Trinajstić information content (AvgIpc) is 2.52. The second-order valence-electron chi connectivity index (χ2n) is 4.93. The van der Waals surface area contributed by atoms with Crippen molar-refractivity contribution in [2.45, 2.75) is 12.5 Å². The lowest BCUT2D eigenvalue weighted by Crippen LogP contribution is -2.45. The molecule has 1 saturated heterocycles. The monoisotopic (exact) mass is 333 g/mol. The van der Waals surface area contributed by atoms with Gasteiger partial charge in [0, 0.05) is 13.1 Å². The molecule has 0 saturated carbocycles. The van der Waals surface area contributed by atoms with Crippen LogP contribution < -0.4 is 10.5 Å². The molecule has 0 aromatic heterocycles. The van der Waals surface area contributed by atoms with E-state index in [1.165, 1.54) is 12.1 Å². The predicted molar refractivity (Wildman–Crippen MR) is 77.0 cm³/mol. The van der Waals surface area contributed by atoms with Crippen molar-refractivity contribution in [2.75, 3.05) is 32.8 Å². The summed E-state index contributed by atoms with van der Waals surface area (Å²) in [4.78, 5) is 5.95. The van der Waals surface area contributed by atoms with E-state index < -0.39 is 12.5 Å². The lowest BCUT2D eigenvalue weighted by atomic mass is 10.1. The third-order valence-electron chi connectivity index (χ3n) is 3.26. The van der Waals surface area contributed by atoms with Gasteiger partial charge in [-0.05, 0) is 17.7 Å². The molecule has 9 heteroatoms. The van der Waals surface area contributed by atoms with Crippen LogP contribution in [-0.4, -0.2) is 55.2 Å². The van der Waals surface area contributed by atoms with Crippen molar-refractivity contribution in [3.05, 3.63) is 29.8 Å². The number of alkyl halides is 3. The second kappa shape index (κ2) is 7.51. The molecule has 128 valence electrons. The Hall–Kier alpha value is -2.00. The second-order valence-corrected chi connectivity index (χ2v) is 4.93. The molecular weight excluding hydrogens is 315 g/mol. The van der Waals surface area contributed by atoms with Gasteiger partial charge in [0.15, 0.2) is 5.96 Å². The summed E-state index contributed by atoms with van der Waals surface area (Å²) >= 11 is 0. The van der Waals surface area contributed by atoms with Crippen molar-refractivity contribution in [3.8, 4) is 5.75 Å². The molecule has 23 heavy (non-hydrogen) atoms. The average molecular weight is 333 g/mol. The molecule has 1 heterocycles. The van der Waals surface area contributed by atoms with Crippen LogP contribution in [-0.2, 0) is 4.74 Å². The van der Waals surface area contributed by atoms with Crippen LogP contribution in [0.25, 0.3) is 0 Å². The Balaban J connectivity index is 1.91. The van der Waals surface area contributed by atoms with Gasteiger partial charge in [-0.1, -0.05) is 12.1 Å². The fourth-order valence-electron chi connectivity index (χ4n) is 2.07. The normalized spacial score (nSPS) is 17.9. The molecule has 0 bridgehead atoms. The highest BCUT2D eigenvalue weighted by molar-refractivity contribution is 5.78. The summed E-state index contributed by atoms with van der Waals surface area (Å²) in [5, 5.41) is 10.0. The standard InChI is InChI=1S/C14H18F3N3O3/c15-14(16,17)23-11-3-1-10(2-4-11)12(21)9-19-13(18)20-5-7-22-8-6-20/h1-4,12,21H,5-9H2,(H2,18,19). The summed E-state index contributed by atoms with van der Waals surface area (Å²) in [7, 11) is 0. The first-order valence-corrected chi connectivity index (χ1v) is 7.01. The molecule has 1 aromatic carbocycles. The zero-order valence-corrected chi connectivity index (χ0v) is 12.3. The fourth-order valence-corrected chi connectivity index (χ4v) is 2.07. The van der Waals surface area contributed by atoms with E-state index in [1.807, 2.05) is 4.90 Å². The summed E-state index contributed by atoms with van der Waals surface area (Å²) in [6, 6.07) is 4.99. The molecule has 2 rings (SSSR count). The van der Waals surface area contributed by atoms with Crippen LogP contribution in [0.1, 0.15) is 11.7 Å². The highest BCUT2D eigenvalue weighted by Crippen LogP contribution is 2.24.